The summed E-state index contributed by atoms with van der Waals surface area (Å²) in [6, 6.07) is 5.09. The summed E-state index contributed by atoms with van der Waals surface area (Å²) < 4.78 is 24.1. The van der Waals surface area contributed by atoms with E-state index in [1.54, 1.807) is 20.3 Å². The molecule has 0 saturated heterocycles. The second-order valence-electron chi connectivity index (χ2n) is 3.97. The van der Waals surface area contributed by atoms with Crippen LogP contribution in [0.15, 0.2) is 22.7 Å². The first-order chi connectivity index (χ1) is 8.69. The molecular formula is C13H19BrFNO2. The molecule has 1 aromatic rings. The zero-order chi connectivity index (χ0) is 13.4. The Balaban J connectivity index is 2.65. The van der Waals surface area contributed by atoms with Gasteiger partial charge in [-0.2, -0.15) is 0 Å². The SMILES string of the molecule is COCCN(CCOC)Cc1cccc(F)c1Br. The van der Waals surface area contributed by atoms with Crippen LogP contribution in [0.5, 0.6) is 0 Å². The van der Waals surface area contributed by atoms with E-state index in [9.17, 15) is 4.39 Å². The van der Waals surface area contributed by atoms with Gasteiger partial charge >= 0.3 is 0 Å². The third kappa shape index (κ3) is 5.02. The van der Waals surface area contributed by atoms with Gasteiger partial charge in [0.2, 0.25) is 0 Å². The predicted molar refractivity (Wildman–Crippen MR) is 73.1 cm³/mol. The average Bonchev–Trinajstić information content (AvgIpc) is 2.38. The molecule has 0 radical (unpaired) electrons. The van der Waals surface area contributed by atoms with Crippen LogP contribution < -0.4 is 0 Å². The van der Waals surface area contributed by atoms with Crippen molar-refractivity contribution in [2.24, 2.45) is 0 Å². The number of benzene rings is 1. The number of halogens is 2. The largest absolute Gasteiger partial charge is 0.383 e. The molecule has 0 spiro atoms. The Kier molecular flexibility index (Phi) is 7.42. The Morgan fingerprint density at radius 3 is 2.33 bits per heavy atom. The average molecular weight is 320 g/mol. The lowest BCUT2D eigenvalue weighted by molar-refractivity contribution is 0.110. The van der Waals surface area contributed by atoms with Crippen molar-refractivity contribution in [2.45, 2.75) is 6.54 Å². The number of nitrogens with zero attached hydrogens (tertiary/aromatic N) is 1. The van der Waals surface area contributed by atoms with Crippen LogP contribution in [0.2, 0.25) is 0 Å². The fraction of sp³-hybridized carbons (Fsp3) is 0.538. The van der Waals surface area contributed by atoms with Crippen molar-refractivity contribution in [2.75, 3.05) is 40.5 Å². The molecule has 0 aliphatic heterocycles. The lowest BCUT2D eigenvalue weighted by atomic mass is 10.2. The summed E-state index contributed by atoms with van der Waals surface area (Å²) in [5.41, 5.74) is 0.933. The highest BCUT2D eigenvalue weighted by molar-refractivity contribution is 9.10. The number of ether oxygens (including phenoxy) is 2. The molecule has 18 heavy (non-hydrogen) atoms. The molecule has 0 saturated carbocycles. The molecule has 0 aliphatic rings. The van der Waals surface area contributed by atoms with Crippen molar-refractivity contribution < 1.29 is 13.9 Å². The second kappa shape index (κ2) is 8.58. The zero-order valence-electron chi connectivity index (χ0n) is 10.8. The first-order valence-corrected chi connectivity index (χ1v) is 6.61. The Bertz CT molecular complexity index is 355. The van der Waals surface area contributed by atoms with Gasteiger partial charge in [-0.05, 0) is 27.6 Å². The van der Waals surface area contributed by atoms with Crippen molar-refractivity contribution in [3.05, 3.63) is 34.1 Å². The van der Waals surface area contributed by atoms with Crippen molar-refractivity contribution in [1.82, 2.24) is 4.90 Å². The zero-order valence-corrected chi connectivity index (χ0v) is 12.4. The van der Waals surface area contributed by atoms with Gasteiger partial charge in [-0.1, -0.05) is 12.1 Å². The fourth-order valence-corrected chi connectivity index (χ4v) is 2.01. The van der Waals surface area contributed by atoms with E-state index < -0.39 is 0 Å². The van der Waals surface area contributed by atoms with Crippen molar-refractivity contribution in [3.63, 3.8) is 0 Å². The molecule has 0 aliphatic carbocycles. The van der Waals surface area contributed by atoms with Gasteiger partial charge in [0, 0.05) is 33.9 Å². The molecule has 3 nitrogen and oxygen atoms in total. The van der Waals surface area contributed by atoms with Gasteiger partial charge in [0.25, 0.3) is 0 Å². The van der Waals surface area contributed by atoms with Gasteiger partial charge in [0.15, 0.2) is 0 Å². The highest BCUT2D eigenvalue weighted by Gasteiger charge is 2.10. The minimum absolute atomic E-state index is 0.231. The minimum Gasteiger partial charge on any atom is -0.383 e. The van der Waals surface area contributed by atoms with Crippen LogP contribution in [0.1, 0.15) is 5.56 Å². The molecule has 1 rings (SSSR count). The Labute approximate surface area is 116 Å². The topological polar surface area (TPSA) is 21.7 Å². The third-order valence-electron chi connectivity index (χ3n) is 2.65. The van der Waals surface area contributed by atoms with Crippen LogP contribution in [-0.4, -0.2) is 45.4 Å². The van der Waals surface area contributed by atoms with Crippen LogP contribution in [0, 0.1) is 5.82 Å². The highest BCUT2D eigenvalue weighted by Crippen LogP contribution is 2.21. The molecule has 5 heteroatoms. The lowest BCUT2D eigenvalue weighted by Gasteiger charge is -2.22. The van der Waals surface area contributed by atoms with Gasteiger partial charge in [-0.15, -0.1) is 0 Å². The molecule has 0 unspecified atom stereocenters. The quantitative estimate of drug-likeness (QED) is 0.735. The summed E-state index contributed by atoms with van der Waals surface area (Å²) in [4.78, 5) is 2.17. The van der Waals surface area contributed by atoms with E-state index in [1.807, 2.05) is 6.07 Å². The van der Waals surface area contributed by atoms with E-state index in [0.29, 0.717) is 24.2 Å². The van der Waals surface area contributed by atoms with Crippen LogP contribution in [-0.2, 0) is 16.0 Å². The van der Waals surface area contributed by atoms with Crippen molar-refractivity contribution >= 4 is 15.9 Å². The summed E-state index contributed by atoms with van der Waals surface area (Å²) >= 11 is 3.28. The normalized spacial score (nSPS) is 11.2. The first-order valence-electron chi connectivity index (χ1n) is 5.82. The molecule has 0 aromatic heterocycles. The maximum atomic E-state index is 13.4. The van der Waals surface area contributed by atoms with E-state index in [2.05, 4.69) is 20.8 Å². The number of hydrogen-bond donors (Lipinski definition) is 0. The van der Waals surface area contributed by atoms with E-state index in [-0.39, 0.29) is 5.82 Å². The summed E-state index contributed by atoms with van der Waals surface area (Å²) in [7, 11) is 3.35. The molecule has 1 aromatic carbocycles. The lowest BCUT2D eigenvalue weighted by Crippen LogP contribution is -2.30. The minimum atomic E-state index is -0.231. The maximum Gasteiger partial charge on any atom is 0.137 e. The van der Waals surface area contributed by atoms with Crippen LogP contribution in [0.3, 0.4) is 0 Å². The second-order valence-corrected chi connectivity index (χ2v) is 4.77. The number of methoxy groups -OCH3 is 2. The molecule has 0 atom stereocenters. The predicted octanol–water partition coefficient (Wildman–Crippen LogP) is 2.68. The Morgan fingerprint density at radius 1 is 1.17 bits per heavy atom. The highest BCUT2D eigenvalue weighted by atomic mass is 79.9. The van der Waals surface area contributed by atoms with Crippen LogP contribution >= 0.6 is 15.9 Å². The fourth-order valence-electron chi connectivity index (χ4n) is 1.62. The Morgan fingerprint density at radius 2 is 1.78 bits per heavy atom. The summed E-state index contributed by atoms with van der Waals surface area (Å²) in [5.74, 6) is -0.231. The van der Waals surface area contributed by atoms with E-state index >= 15 is 0 Å². The summed E-state index contributed by atoms with van der Waals surface area (Å²) in [5, 5.41) is 0. The maximum absolute atomic E-state index is 13.4. The van der Waals surface area contributed by atoms with E-state index in [4.69, 9.17) is 9.47 Å². The summed E-state index contributed by atoms with van der Waals surface area (Å²) in [6.45, 7) is 3.56. The smallest absolute Gasteiger partial charge is 0.137 e. The third-order valence-corrected chi connectivity index (χ3v) is 3.54. The van der Waals surface area contributed by atoms with Gasteiger partial charge in [0.05, 0.1) is 17.7 Å². The molecule has 102 valence electrons. The number of hydrogen-bond acceptors (Lipinski definition) is 3. The molecule has 0 bridgehead atoms. The van der Waals surface area contributed by atoms with Gasteiger partial charge in [-0.3, -0.25) is 4.90 Å². The molecule has 0 heterocycles. The van der Waals surface area contributed by atoms with Crippen molar-refractivity contribution in [1.29, 1.82) is 0 Å². The standard InChI is InChI=1S/C13H19BrFNO2/c1-17-8-6-16(7-9-18-2)10-11-4-3-5-12(15)13(11)14/h3-5H,6-10H2,1-2H3. The van der Waals surface area contributed by atoms with Crippen LogP contribution in [0.25, 0.3) is 0 Å². The van der Waals surface area contributed by atoms with Crippen LogP contribution in [0.4, 0.5) is 4.39 Å². The molecular weight excluding hydrogens is 301 g/mol. The monoisotopic (exact) mass is 319 g/mol. The molecule has 0 fully saturated rings. The van der Waals surface area contributed by atoms with Crippen molar-refractivity contribution in [3.8, 4) is 0 Å². The first kappa shape index (κ1) is 15.6. The summed E-state index contributed by atoms with van der Waals surface area (Å²) in [6.07, 6.45) is 0. The van der Waals surface area contributed by atoms with Gasteiger partial charge in [-0.25, -0.2) is 4.39 Å². The van der Waals surface area contributed by atoms with Gasteiger partial charge in [0.1, 0.15) is 5.82 Å². The molecule has 0 N–H and O–H groups in total. The van der Waals surface area contributed by atoms with Gasteiger partial charge < -0.3 is 9.47 Å². The van der Waals surface area contributed by atoms with E-state index in [0.717, 1.165) is 18.7 Å². The van der Waals surface area contributed by atoms with E-state index in [1.165, 1.54) is 6.07 Å². The number of rotatable bonds is 8. The molecule has 0 amide bonds. The Hall–Kier alpha value is -0.490.